The lowest BCUT2D eigenvalue weighted by atomic mass is 9.89. The summed E-state index contributed by atoms with van der Waals surface area (Å²) in [5.74, 6) is -0.0359. The first-order valence-electron chi connectivity index (χ1n) is 6.39. The Hall–Kier alpha value is -0.870. The van der Waals surface area contributed by atoms with Gasteiger partial charge in [-0.05, 0) is 36.5 Å². The van der Waals surface area contributed by atoms with Crippen LogP contribution in [0.1, 0.15) is 36.2 Å². The van der Waals surface area contributed by atoms with Gasteiger partial charge in [0, 0.05) is 30.3 Å². The number of ether oxygens (including phenoxy) is 1. The highest BCUT2D eigenvalue weighted by molar-refractivity contribution is 9.10. The molecular formula is C15H22BrNO2. The van der Waals surface area contributed by atoms with Crippen molar-refractivity contribution in [3.05, 3.63) is 33.8 Å². The van der Waals surface area contributed by atoms with E-state index in [-0.39, 0.29) is 11.3 Å². The number of carbonyl (C=O) groups excluding carboxylic acids is 1. The van der Waals surface area contributed by atoms with E-state index in [0.29, 0.717) is 18.7 Å². The molecule has 0 aromatic heterocycles. The molecule has 4 heteroatoms. The van der Waals surface area contributed by atoms with Crippen molar-refractivity contribution < 1.29 is 9.53 Å². The Kier molecular flexibility index (Phi) is 6.01. The van der Waals surface area contributed by atoms with Crippen LogP contribution in [-0.4, -0.2) is 26.2 Å². The minimum Gasteiger partial charge on any atom is -0.385 e. The highest BCUT2D eigenvalue weighted by Crippen LogP contribution is 2.20. The normalized spacial score (nSPS) is 11.4. The molecule has 0 atom stereocenters. The highest BCUT2D eigenvalue weighted by Gasteiger charge is 2.19. The Balaban J connectivity index is 2.57. The van der Waals surface area contributed by atoms with Crippen molar-refractivity contribution in [1.29, 1.82) is 0 Å². The summed E-state index contributed by atoms with van der Waals surface area (Å²) in [6.07, 6.45) is 0.918. The zero-order valence-electron chi connectivity index (χ0n) is 12.0. The maximum absolute atomic E-state index is 12.1. The molecule has 0 spiro atoms. The first-order chi connectivity index (χ1) is 8.85. The standard InChI is InChI=1S/C15H22BrNO2/c1-11-5-6-12(9-13(11)16)14(18)17-10-15(2,3)7-8-19-4/h5-6,9H,7-8,10H2,1-4H3,(H,17,18). The molecule has 106 valence electrons. The van der Waals surface area contributed by atoms with Crippen LogP contribution in [0.4, 0.5) is 0 Å². The largest absolute Gasteiger partial charge is 0.385 e. The molecule has 3 nitrogen and oxygen atoms in total. The Morgan fingerprint density at radius 3 is 2.68 bits per heavy atom. The van der Waals surface area contributed by atoms with Gasteiger partial charge in [-0.1, -0.05) is 35.8 Å². The summed E-state index contributed by atoms with van der Waals surface area (Å²) in [5, 5.41) is 2.98. The van der Waals surface area contributed by atoms with Crippen LogP contribution >= 0.6 is 15.9 Å². The van der Waals surface area contributed by atoms with Crippen molar-refractivity contribution in [3.63, 3.8) is 0 Å². The van der Waals surface area contributed by atoms with E-state index in [2.05, 4.69) is 35.1 Å². The van der Waals surface area contributed by atoms with E-state index < -0.39 is 0 Å². The van der Waals surface area contributed by atoms with Crippen molar-refractivity contribution in [2.24, 2.45) is 5.41 Å². The molecular weight excluding hydrogens is 306 g/mol. The van der Waals surface area contributed by atoms with Gasteiger partial charge in [-0.2, -0.15) is 0 Å². The lowest BCUT2D eigenvalue weighted by molar-refractivity contribution is 0.0921. The number of carbonyl (C=O) groups is 1. The van der Waals surface area contributed by atoms with E-state index >= 15 is 0 Å². The smallest absolute Gasteiger partial charge is 0.251 e. The minimum atomic E-state index is -0.0359. The average Bonchev–Trinajstić information content (AvgIpc) is 2.37. The number of hydrogen-bond acceptors (Lipinski definition) is 2. The van der Waals surface area contributed by atoms with Crippen LogP contribution in [-0.2, 0) is 4.74 Å². The van der Waals surface area contributed by atoms with Crippen LogP contribution in [0.15, 0.2) is 22.7 Å². The van der Waals surface area contributed by atoms with Crippen LogP contribution in [0.25, 0.3) is 0 Å². The summed E-state index contributed by atoms with van der Waals surface area (Å²) in [7, 11) is 1.69. The van der Waals surface area contributed by atoms with Gasteiger partial charge in [0.1, 0.15) is 0 Å². The van der Waals surface area contributed by atoms with Gasteiger partial charge in [-0.25, -0.2) is 0 Å². The quantitative estimate of drug-likeness (QED) is 0.867. The van der Waals surface area contributed by atoms with Crippen molar-refractivity contribution >= 4 is 21.8 Å². The second kappa shape index (κ2) is 7.06. The molecule has 0 unspecified atom stereocenters. The maximum atomic E-state index is 12.1. The second-order valence-electron chi connectivity index (χ2n) is 5.55. The van der Waals surface area contributed by atoms with Crippen LogP contribution in [0.5, 0.6) is 0 Å². The molecule has 0 aliphatic carbocycles. The zero-order valence-corrected chi connectivity index (χ0v) is 13.6. The monoisotopic (exact) mass is 327 g/mol. The Morgan fingerprint density at radius 1 is 1.42 bits per heavy atom. The summed E-state index contributed by atoms with van der Waals surface area (Å²) in [5.41, 5.74) is 1.84. The number of hydrogen-bond donors (Lipinski definition) is 1. The predicted molar refractivity (Wildman–Crippen MR) is 81.5 cm³/mol. The van der Waals surface area contributed by atoms with Crippen molar-refractivity contribution in [2.45, 2.75) is 27.2 Å². The van der Waals surface area contributed by atoms with Gasteiger partial charge in [0.05, 0.1) is 0 Å². The van der Waals surface area contributed by atoms with Gasteiger partial charge in [0.2, 0.25) is 0 Å². The number of benzene rings is 1. The molecule has 0 fully saturated rings. The van der Waals surface area contributed by atoms with E-state index in [1.54, 1.807) is 7.11 Å². The topological polar surface area (TPSA) is 38.3 Å². The zero-order chi connectivity index (χ0) is 14.5. The van der Waals surface area contributed by atoms with E-state index in [4.69, 9.17) is 4.74 Å². The first kappa shape index (κ1) is 16.2. The molecule has 0 bridgehead atoms. The average molecular weight is 328 g/mol. The number of rotatable bonds is 6. The fourth-order valence-electron chi connectivity index (χ4n) is 1.62. The van der Waals surface area contributed by atoms with E-state index in [1.165, 1.54) is 0 Å². The molecule has 1 N–H and O–H groups in total. The summed E-state index contributed by atoms with van der Waals surface area (Å²) in [4.78, 5) is 12.1. The minimum absolute atomic E-state index is 0.0353. The number of aryl methyl sites for hydroxylation is 1. The highest BCUT2D eigenvalue weighted by atomic mass is 79.9. The Labute approximate surface area is 123 Å². The summed E-state index contributed by atoms with van der Waals surface area (Å²) >= 11 is 3.44. The number of amides is 1. The second-order valence-corrected chi connectivity index (χ2v) is 6.41. The first-order valence-corrected chi connectivity index (χ1v) is 7.18. The van der Waals surface area contributed by atoms with E-state index in [9.17, 15) is 4.79 Å². The van der Waals surface area contributed by atoms with Crippen molar-refractivity contribution in [1.82, 2.24) is 5.32 Å². The van der Waals surface area contributed by atoms with Crippen LogP contribution < -0.4 is 5.32 Å². The van der Waals surface area contributed by atoms with E-state index in [1.807, 2.05) is 25.1 Å². The predicted octanol–water partition coefficient (Wildman–Crippen LogP) is 3.55. The molecule has 0 heterocycles. The summed E-state index contributed by atoms with van der Waals surface area (Å²) < 4.78 is 6.04. The van der Waals surface area contributed by atoms with Crippen LogP contribution in [0, 0.1) is 12.3 Å². The summed E-state index contributed by atoms with van der Waals surface area (Å²) in [6, 6.07) is 5.64. The van der Waals surface area contributed by atoms with Crippen molar-refractivity contribution in [2.75, 3.05) is 20.3 Å². The lowest BCUT2D eigenvalue weighted by Gasteiger charge is -2.24. The third-order valence-corrected chi connectivity index (χ3v) is 4.00. The number of halogens is 1. The Bertz CT molecular complexity index is 444. The fourth-order valence-corrected chi connectivity index (χ4v) is 2.00. The maximum Gasteiger partial charge on any atom is 0.251 e. The van der Waals surface area contributed by atoms with Crippen LogP contribution in [0.2, 0.25) is 0 Å². The molecule has 1 amide bonds. The molecule has 1 aromatic carbocycles. The molecule has 1 aromatic rings. The lowest BCUT2D eigenvalue weighted by Crippen LogP contribution is -2.34. The van der Waals surface area contributed by atoms with Gasteiger partial charge in [0.25, 0.3) is 5.91 Å². The molecule has 0 aliphatic rings. The van der Waals surface area contributed by atoms with Gasteiger partial charge in [-0.3, -0.25) is 4.79 Å². The molecule has 0 saturated heterocycles. The summed E-state index contributed by atoms with van der Waals surface area (Å²) in [6.45, 7) is 7.59. The molecule has 0 aliphatic heterocycles. The van der Waals surface area contributed by atoms with Gasteiger partial charge in [0.15, 0.2) is 0 Å². The molecule has 0 saturated carbocycles. The molecule has 19 heavy (non-hydrogen) atoms. The van der Waals surface area contributed by atoms with Crippen molar-refractivity contribution in [3.8, 4) is 0 Å². The third-order valence-electron chi connectivity index (χ3n) is 3.14. The number of nitrogens with one attached hydrogen (secondary N) is 1. The molecule has 0 radical (unpaired) electrons. The van der Waals surface area contributed by atoms with E-state index in [0.717, 1.165) is 16.5 Å². The van der Waals surface area contributed by atoms with Crippen LogP contribution in [0.3, 0.4) is 0 Å². The third kappa shape index (κ3) is 5.33. The van der Waals surface area contributed by atoms with Gasteiger partial charge < -0.3 is 10.1 Å². The molecule has 1 rings (SSSR count). The number of methoxy groups -OCH3 is 1. The van der Waals surface area contributed by atoms with Gasteiger partial charge in [-0.15, -0.1) is 0 Å². The van der Waals surface area contributed by atoms with Gasteiger partial charge >= 0.3 is 0 Å². The Morgan fingerprint density at radius 2 is 2.11 bits per heavy atom. The SMILES string of the molecule is COCCC(C)(C)CNC(=O)c1ccc(C)c(Br)c1. The fraction of sp³-hybridized carbons (Fsp3) is 0.533.